The highest BCUT2D eigenvalue weighted by Crippen LogP contribution is 2.20. The number of anilines is 2. The van der Waals surface area contributed by atoms with Crippen molar-refractivity contribution in [2.45, 2.75) is 13.3 Å². The summed E-state index contributed by atoms with van der Waals surface area (Å²) >= 11 is 6.01. The summed E-state index contributed by atoms with van der Waals surface area (Å²) in [4.78, 5) is 37.8. The van der Waals surface area contributed by atoms with Crippen molar-refractivity contribution in [1.82, 2.24) is 10.2 Å². The molecule has 3 amide bonds. The zero-order valence-electron chi connectivity index (χ0n) is 16.5. The molecule has 2 aromatic carbocycles. The molecule has 0 aliphatic rings. The van der Waals surface area contributed by atoms with Crippen LogP contribution in [-0.2, 0) is 9.59 Å². The van der Waals surface area contributed by atoms with E-state index < -0.39 is 0 Å². The Hall–Kier alpha value is -3.06. The van der Waals surface area contributed by atoms with E-state index >= 15 is 0 Å². The highest BCUT2D eigenvalue weighted by molar-refractivity contribution is 6.33. The minimum Gasteiger partial charge on any atom is -0.376 e. The van der Waals surface area contributed by atoms with Gasteiger partial charge in [-0.25, -0.2) is 0 Å². The summed E-state index contributed by atoms with van der Waals surface area (Å²) in [5.41, 5.74) is 1.66. The molecule has 2 rings (SSSR count). The van der Waals surface area contributed by atoms with Crippen molar-refractivity contribution in [3.05, 3.63) is 59.1 Å². The molecule has 0 aromatic heterocycles. The van der Waals surface area contributed by atoms with Crippen LogP contribution in [0.5, 0.6) is 0 Å². The smallest absolute Gasteiger partial charge is 0.251 e. The van der Waals surface area contributed by atoms with Crippen molar-refractivity contribution in [2.75, 3.05) is 37.3 Å². The molecule has 0 saturated heterocycles. The molecule has 0 unspecified atom stereocenters. The zero-order chi connectivity index (χ0) is 21.2. The fourth-order valence-electron chi connectivity index (χ4n) is 2.48. The molecular formula is C21H25ClN4O3. The van der Waals surface area contributed by atoms with E-state index in [4.69, 9.17) is 11.6 Å². The van der Waals surface area contributed by atoms with Crippen molar-refractivity contribution in [3.8, 4) is 0 Å². The van der Waals surface area contributed by atoms with Crippen molar-refractivity contribution in [1.29, 1.82) is 0 Å². The number of para-hydroxylation sites is 1. The molecule has 2 aromatic rings. The summed E-state index contributed by atoms with van der Waals surface area (Å²) in [5, 5.41) is 8.90. The van der Waals surface area contributed by atoms with Gasteiger partial charge in [0.25, 0.3) is 5.91 Å². The number of nitrogens with zero attached hydrogens (tertiary/aromatic N) is 1. The van der Waals surface area contributed by atoms with E-state index in [1.165, 1.54) is 4.90 Å². The number of hydrogen-bond acceptors (Lipinski definition) is 4. The van der Waals surface area contributed by atoms with Gasteiger partial charge in [-0.1, -0.05) is 36.7 Å². The standard InChI is InChI=1S/C21H25ClN4O3/c1-3-11-23-21(29)15-7-6-8-16(12-15)24-13-20(28)26(2)14-19(27)25-18-10-5-4-9-17(18)22/h4-10,12,24H,3,11,13-14H2,1-2H3,(H,23,29)(H,25,27). The van der Waals surface area contributed by atoms with Crippen LogP contribution in [0.15, 0.2) is 48.5 Å². The van der Waals surface area contributed by atoms with Gasteiger partial charge >= 0.3 is 0 Å². The van der Waals surface area contributed by atoms with Crippen molar-refractivity contribution in [2.24, 2.45) is 0 Å². The van der Waals surface area contributed by atoms with Gasteiger partial charge in [-0.05, 0) is 36.8 Å². The molecule has 3 N–H and O–H groups in total. The third-order valence-corrected chi connectivity index (χ3v) is 4.39. The summed E-state index contributed by atoms with van der Waals surface area (Å²) in [6.45, 7) is 2.48. The first-order valence-corrected chi connectivity index (χ1v) is 9.69. The fourth-order valence-corrected chi connectivity index (χ4v) is 2.66. The normalized spacial score (nSPS) is 10.2. The first-order valence-electron chi connectivity index (χ1n) is 9.31. The summed E-state index contributed by atoms with van der Waals surface area (Å²) in [7, 11) is 1.55. The van der Waals surface area contributed by atoms with Gasteiger partial charge in [0.05, 0.1) is 23.8 Å². The van der Waals surface area contributed by atoms with Crippen molar-refractivity contribution >= 4 is 40.7 Å². The molecule has 7 nitrogen and oxygen atoms in total. The topological polar surface area (TPSA) is 90.5 Å². The molecule has 0 aliphatic carbocycles. The molecule has 0 spiro atoms. The average molecular weight is 417 g/mol. The second-order valence-corrected chi connectivity index (χ2v) is 6.88. The minimum absolute atomic E-state index is 0.00406. The third kappa shape index (κ3) is 7.12. The van der Waals surface area contributed by atoms with Gasteiger partial charge in [0, 0.05) is 24.8 Å². The summed E-state index contributed by atoms with van der Waals surface area (Å²) in [5.74, 6) is -0.765. The van der Waals surface area contributed by atoms with Crippen molar-refractivity contribution < 1.29 is 14.4 Å². The van der Waals surface area contributed by atoms with Crippen LogP contribution in [0, 0.1) is 0 Å². The van der Waals surface area contributed by atoms with Gasteiger partial charge in [0.1, 0.15) is 0 Å². The monoisotopic (exact) mass is 416 g/mol. The van der Waals surface area contributed by atoms with Crippen LogP contribution in [0.4, 0.5) is 11.4 Å². The number of likely N-dealkylation sites (N-methyl/N-ethyl adjacent to an activating group) is 1. The first kappa shape index (κ1) is 22.2. The van der Waals surface area contributed by atoms with Crippen LogP contribution in [0.3, 0.4) is 0 Å². The Kier molecular flexibility index (Phi) is 8.48. The lowest BCUT2D eigenvalue weighted by Gasteiger charge is -2.18. The van der Waals surface area contributed by atoms with Crippen molar-refractivity contribution in [3.63, 3.8) is 0 Å². The molecule has 154 valence electrons. The second kappa shape index (κ2) is 11.1. The number of halogens is 1. The van der Waals surface area contributed by atoms with Crippen LogP contribution in [0.2, 0.25) is 5.02 Å². The quantitative estimate of drug-likeness (QED) is 0.586. The fraction of sp³-hybridized carbons (Fsp3) is 0.286. The molecule has 0 bridgehead atoms. The Morgan fingerprint density at radius 3 is 2.55 bits per heavy atom. The average Bonchev–Trinajstić information content (AvgIpc) is 2.72. The largest absolute Gasteiger partial charge is 0.376 e. The molecular weight excluding hydrogens is 392 g/mol. The first-order chi connectivity index (χ1) is 13.9. The summed E-state index contributed by atoms with van der Waals surface area (Å²) in [6, 6.07) is 13.8. The molecule has 0 aliphatic heterocycles. The van der Waals surface area contributed by atoms with Gasteiger partial charge in [0.15, 0.2) is 0 Å². The number of hydrogen-bond donors (Lipinski definition) is 3. The maximum atomic E-state index is 12.3. The molecule has 0 radical (unpaired) electrons. The summed E-state index contributed by atoms with van der Waals surface area (Å²) in [6.07, 6.45) is 0.856. The minimum atomic E-state index is -0.344. The second-order valence-electron chi connectivity index (χ2n) is 6.47. The molecule has 29 heavy (non-hydrogen) atoms. The predicted molar refractivity (Wildman–Crippen MR) is 115 cm³/mol. The Morgan fingerprint density at radius 1 is 1.07 bits per heavy atom. The van der Waals surface area contributed by atoms with Gasteiger partial charge < -0.3 is 20.9 Å². The maximum absolute atomic E-state index is 12.3. The Bertz CT molecular complexity index is 873. The van der Waals surface area contributed by atoms with E-state index in [9.17, 15) is 14.4 Å². The van der Waals surface area contributed by atoms with Crippen LogP contribution in [0.1, 0.15) is 23.7 Å². The lowest BCUT2D eigenvalue weighted by atomic mass is 10.2. The number of carbonyl (C=O) groups is 3. The SMILES string of the molecule is CCCNC(=O)c1cccc(NCC(=O)N(C)CC(=O)Nc2ccccc2Cl)c1. The van der Waals surface area contributed by atoms with E-state index in [1.807, 2.05) is 6.92 Å². The van der Waals surface area contributed by atoms with E-state index in [0.29, 0.717) is 28.5 Å². The summed E-state index contributed by atoms with van der Waals surface area (Å²) < 4.78 is 0. The van der Waals surface area contributed by atoms with Gasteiger partial charge in [-0.3, -0.25) is 14.4 Å². The number of rotatable bonds is 9. The van der Waals surface area contributed by atoms with Gasteiger partial charge in [0.2, 0.25) is 11.8 Å². The van der Waals surface area contributed by atoms with Crippen LogP contribution < -0.4 is 16.0 Å². The highest BCUT2D eigenvalue weighted by atomic mass is 35.5. The highest BCUT2D eigenvalue weighted by Gasteiger charge is 2.14. The van der Waals surface area contributed by atoms with E-state index in [-0.39, 0.29) is 30.8 Å². The van der Waals surface area contributed by atoms with Gasteiger partial charge in [-0.15, -0.1) is 0 Å². The number of nitrogens with one attached hydrogen (secondary N) is 3. The number of carbonyl (C=O) groups excluding carboxylic acids is 3. The lowest BCUT2D eigenvalue weighted by molar-refractivity contribution is -0.131. The van der Waals surface area contributed by atoms with E-state index in [2.05, 4.69) is 16.0 Å². The zero-order valence-corrected chi connectivity index (χ0v) is 17.3. The molecule has 0 saturated carbocycles. The Balaban J connectivity index is 1.84. The Morgan fingerprint density at radius 2 is 1.83 bits per heavy atom. The maximum Gasteiger partial charge on any atom is 0.251 e. The molecule has 8 heteroatoms. The van der Waals surface area contributed by atoms with E-state index in [0.717, 1.165) is 6.42 Å². The van der Waals surface area contributed by atoms with E-state index in [1.54, 1.807) is 55.6 Å². The number of amides is 3. The van der Waals surface area contributed by atoms with Crippen LogP contribution in [0.25, 0.3) is 0 Å². The lowest BCUT2D eigenvalue weighted by Crippen LogP contribution is -2.38. The Labute approximate surface area is 175 Å². The predicted octanol–water partition coefficient (Wildman–Crippen LogP) is 2.99. The van der Waals surface area contributed by atoms with Crippen LogP contribution >= 0.6 is 11.6 Å². The van der Waals surface area contributed by atoms with Gasteiger partial charge in [-0.2, -0.15) is 0 Å². The third-order valence-electron chi connectivity index (χ3n) is 4.06. The number of benzene rings is 2. The molecule has 0 heterocycles. The molecule has 0 fully saturated rings. The van der Waals surface area contributed by atoms with Crippen LogP contribution in [-0.4, -0.2) is 49.3 Å². The molecule has 0 atom stereocenters.